The summed E-state index contributed by atoms with van der Waals surface area (Å²) < 4.78 is 6.24. The van der Waals surface area contributed by atoms with Crippen LogP contribution in [0, 0.1) is 23.2 Å². The summed E-state index contributed by atoms with van der Waals surface area (Å²) in [5, 5.41) is 12.9. The maximum Gasteiger partial charge on any atom is 0.217 e. The van der Waals surface area contributed by atoms with Crippen LogP contribution < -0.4 is 21.5 Å². The number of nitrogens with one attached hydrogen (secondary N) is 1. The van der Waals surface area contributed by atoms with Gasteiger partial charge in [-0.25, -0.2) is 4.98 Å². The molecule has 1 aromatic rings. The van der Waals surface area contributed by atoms with Crippen LogP contribution in [0.5, 0.6) is 5.88 Å². The molecule has 9 nitrogen and oxygen atoms in total. The van der Waals surface area contributed by atoms with E-state index in [9.17, 15) is 10.1 Å². The third-order valence-corrected chi connectivity index (χ3v) is 9.81. The van der Waals surface area contributed by atoms with Crippen molar-refractivity contribution in [1.29, 1.82) is 5.26 Å². The highest BCUT2D eigenvalue weighted by Gasteiger charge is 2.42. The molecule has 1 fully saturated rings. The van der Waals surface area contributed by atoms with Gasteiger partial charge in [-0.3, -0.25) is 4.79 Å². The predicted octanol–water partition coefficient (Wildman–Crippen LogP) is 3.59. The molecule has 1 saturated heterocycles. The van der Waals surface area contributed by atoms with Crippen molar-refractivity contribution >= 4 is 28.8 Å². The summed E-state index contributed by atoms with van der Waals surface area (Å²) in [7, 11) is 2.12. The summed E-state index contributed by atoms with van der Waals surface area (Å²) in [6.07, 6.45) is 9.00. The van der Waals surface area contributed by atoms with Gasteiger partial charge in [0.1, 0.15) is 6.61 Å². The van der Waals surface area contributed by atoms with E-state index >= 15 is 0 Å². The summed E-state index contributed by atoms with van der Waals surface area (Å²) in [6, 6.07) is 4.61. The number of likely N-dealkylation sites (N-methyl/N-ethyl adjacent to an activating group) is 1. The summed E-state index contributed by atoms with van der Waals surface area (Å²) in [6.45, 7) is 5.31. The van der Waals surface area contributed by atoms with Crippen LogP contribution in [0.4, 0.5) is 0 Å². The Labute approximate surface area is 241 Å². The largest absolute Gasteiger partial charge is 0.476 e. The number of likely N-dealkylation sites (tertiary alicyclic amines) is 1. The smallest absolute Gasteiger partial charge is 0.217 e. The Morgan fingerprint density at radius 1 is 1.30 bits per heavy atom. The van der Waals surface area contributed by atoms with E-state index in [-0.39, 0.29) is 17.1 Å². The molecular formula is C30H41N7O2S. The van der Waals surface area contributed by atoms with Gasteiger partial charge < -0.3 is 26.4 Å². The van der Waals surface area contributed by atoms with Gasteiger partial charge in [0, 0.05) is 30.1 Å². The van der Waals surface area contributed by atoms with Crippen LogP contribution in [0.1, 0.15) is 69.8 Å². The molecule has 0 aromatic carbocycles. The molecule has 10 heteroatoms. The first-order valence-corrected chi connectivity index (χ1v) is 15.5. The minimum Gasteiger partial charge on any atom is -0.476 e. The van der Waals surface area contributed by atoms with Crippen molar-refractivity contribution in [3.8, 4) is 11.9 Å². The molecule has 1 aliphatic carbocycles. The molecule has 0 saturated carbocycles. The fourth-order valence-electron chi connectivity index (χ4n) is 6.30. The van der Waals surface area contributed by atoms with Crippen molar-refractivity contribution in [2.75, 3.05) is 33.3 Å². The molecule has 0 bridgehead atoms. The fraction of sp³-hybridized carbons (Fsp3) is 0.600. The zero-order chi connectivity index (χ0) is 28.2. The maximum absolute atomic E-state index is 14.2. The maximum atomic E-state index is 14.2. The van der Waals surface area contributed by atoms with Crippen LogP contribution in [-0.2, 0) is 4.79 Å². The number of thioether (sulfide) groups is 1. The minimum atomic E-state index is -0.446. The van der Waals surface area contributed by atoms with E-state index in [1.807, 2.05) is 13.0 Å². The van der Waals surface area contributed by atoms with E-state index in [1.165, 1.54) is 0 Å². The number of hydrogen-bond acceptors (Lipinski definition) is 10. The molecule has 5 rings (SSSR count). The van der Waals surface area contributed by atoms with Crippen LogP contribution in [-0.4, -0.2) is 65.4 Å². The first-order valence-electron chi connectivity index (χ1n) is 14.6. The Kier molecular flexibility index (Phi) is 9.26. The molecule has 3 aliphatic heterocycles. The molecule has 4 heterocycles. The SMILES string of the molecule is CCC/C(C(=O)[C@H]1CCCC2=C1C(C#N)C(N)S2)=C(/N)c1nc(OC[C@@H]2CCCN2C)cc(C2=CCNCC2)n1. The number of allylic oxidation sites excluding steroid dienone is 2. The quantitative estimate of drug-likeness (QED) is 0.381. The fourth-order valence-corrected chi connectivity index (χ4v) is 7.64. The molecule has 1 aromatic heterocycles. The predicted molar refractivity (Wildman–Crippen MR) is 159 cm³/mol. The first kappa shape index (κ1) is 28.8. The third kappa shape index (κ3) is 5.98. The highest BCUT2D eigenvalue weighted by Crippen LogP contribution is 2.50. The number of carbonyl (C=O) groups excluding carboxylic acids is 1. The number of ether oxygens (including phenoxy) is 1. The van der Waals surface area contributed by atoms with Gasteiger partial charge >= 0.3 is 0 Å². The number of hydrogen-bond donors (Lipinski definition) is 3. The number of carbonyl (C=O) groups is 1. The number of nitrogens with two attached hydrogens (primary N) is 2. The molecule has 0 spiro atoms. The van der Waals surface area contributed by atoms with Crippen LogP contribution >= 0.6 is 11.8 Å². The Morgan fingerprint density at radius 2 is 2.15 bits per heavy atom. The van der Waals surface area contributed by atoms with E-state index in [0.29, 0.717) is 48.5 Å². The zero-order valence-corrected chi connectivity index (χ0v) is 24.4. The van der Waals surface area contributed by atoms with Gasteiger partial charge in [-0.15, -0.1) is 11.8 Å². The average Bonchev–Trinajstić information content (AvgIpc) is 3.55. The number of nitrogens with zero attached hydrogens (tertiary/aromatic N) is 4. The number of ketones is 1. The number of Topliss-reactive ketones (excluding diaryl/α,β-unsaturated/α-hetero) is 1. The summed E-state index contributed by atoms with van der Waals surface area (Å²) >= 11 is 1.55. The molecular weight excluding hydrogens is 522 g/mol. The lowest BCUT2D eigenvalue weighted by molar-refractivity contribution is -0.118. The normalized spacial score (nSPS) is 27.6. The van der Waals surface area contributed by atoms with E-state index in [0.717, 1.165) is 79.9 Å². The van der Waals surface area contributed by atoms with Crippen LogP contribution in [0.25, 0.3) is 11.3 Å². The molecule has 2 unspecified atom stereocenters. The topological polar surface area (TPSA) is 143 Å². The second kappa shape index (κ2) is 12.9. The van der Waals surface area contributed by atoms with Gasteiger partial charge in [0.05, 0.1) is 28.8 Å². The molecule has 0 amide bonds. The molecule has 0 radical (unpaired) electrons. The first-order chi connectivity index (χ1) is 19.4. The highest BCUT2D eigenvalue weighted by atomic mass is 32.2. The molecule has 5 N–H and O–H groups in total. The molecule has 40 heavy (non-hydrogen) atoms. The van der Waals surface area contributed by atoms with Gasteiger partial charge in [-0.1, -0.05) is 19.4 Å². The van der Waals surface area contributed by atoms with Crippen molar-refractivity contribution in [2.45, 2.75) is 69.7 Å². The van der Waals surface area contributed by atoms with Crippen molar-refractivity contribution in [2.24, 2.45) is 23.3 Å². The third-order valence-electron chi connectivity index (χ3n) is 8.55. The lowest BCUT2D eigenvalue weighted by Crippen LogP contribution is -2.31. The summed E-state index contributed by atoms with van der Waals surface area (Å²) in [5.74, 6) is -0.0252. The van der Waals surface area contributed by atoms with E-state index in [2.05, 4.69) is 29.4 Å². The highest BCUT2D eigenvalue weighted by molar-refractivity contribution is 8.03. The van der Waals surface area contributed by atoms with Crippen molar-refractivity contribution in [3.63, 3.8) is 0 Å². The average molecular weight is 564 g/mol. The van der Waals surface area contributed by atoms with Crippen molar-refractivity contribution in [1.82, 2.24) is 20.2 Å². The monoisotopic (exact) mass is 563 g/mol. The second-order valence-corrected chi connectivity index (χ2v) is 12.5. The number of nitriles is 1. The van der Waals surface area contributed by atoms with Crippen molar-refractivity contribution < 1.29 is 9.53 Å². The summed E-state index contributed by atoms with van der Waals surface area (Å²) in [5.41, 5.74) is 16.8. The van der Waals surface area contributed by atoms with Gasteiger partial charge in [0.15, 0.2) is 11.6 Å². The van der Waals surface area contributed by atoms with Gasteiger partial charge in [0.25, 0.3) is 0 Å². The summed E-state index contributed by atoms with van der Waals surface area (Å²) in [4.78, 5) is 27.2. The zero-order valence-electron chi connectivity index (χ0n) is 23.6. The number of rotatable bonds is 9. The van der Waals surface area contributed by atoms with Crippen LogP contribution in [0.15, 0.2) is 28.2 Å². The molecule has 4 atom stereocenters. The molecule has 4 aliphatic rings. The number of aromatic nitrogens is 2. The Hall–Kier alpha value is -2.71. The van der Waals surface area contributed by atoms with E-state index in [1.54, 1.807) is 11.8 Å². The van der Waals surface area contributed by atoms with Gasteiger partial charge in [0.2, 0.25) is 5.88 Å². The minimum absolute atomic E-state index is 0.0216. The Balaban J connectivity index is 1.51. The van der Waals surface area contributed by atoms with E-state index < -0.39 is 5.92 Å². The second-order valence-electron chi connectivity index (χ2n) is 11.2. The molecule has 214 valence electrons. The Bertz CT molecular complexity index is 1270. The lowest BCUT2D eigenvalue weighted by Gasteiger charge is -2.26. The van der Waals surface area contributed by atoms with Gasteiger partial charge in [-0.05, 0) is 81.1 Å². The Morgan fingerprint density at radius 3 is 2.85 bits per heavy atom. The standard InChI is InChI=1S/C30H41N7O2S/c1-3-6-21(28(38)20-8-4-9-24-26(20)22(16-31)29(33)40-24)27(32)30-35-23(18-10-12-34-13-11-18)15-25(36-30)39-17-19-7-5-14-37(19)2/h10,15,19-20,22,29,34H,3-9,11-14,17,32-33H2,1-2H3/b27-21-/t19-,20-,22?,29?/m0/s1. The van der Waals surface area contributed by atoms with Crippen molar-refractivity contribution in [3.05, 3.63) is 39.7 Å². The van der Waals surface area contributed by atoms with Crippen LogP contribution in [0.3, 0.4) is 0 Å². The van der Waals surface area contributed by atoms with E-state index in [4.69, 9.17) is 26.2 Å². The van der Waals surface area contributed by atoms with Crippen LogP contribution in [0.2, 0.25) is 0 Å². The lowest BCUT2D eigenvalue weighted by atomic mass is 9.76. The van der Waals surface area contributed by atoms with Gasteiger partial charge in [-0.2, -0.15) is 10.2 Å².